The first-order chi connectivity index (χ1) is 9.25. The van der Waals surface area contributed by atoms with Gasteiger partial charge in [0.15, 0.2) is 0 Å². The Balaban J connectivity index is 1.99. The van der Waals surface area contributed by atoms with Crippen molar-refractivity contribution in [2.75, 3.05) is 39.2 Å². The lowest BCUT2D eigenvalue weighted by Gasteiger charge is -2.31. The summed E-state index contributed by atoms with van der Waals surface area (Å²) in [5, 5.41) is 3.37. The Morgan fingerprint density at radius 2 is 1.79 bits per heavy atom. The second-order valence-electron chi connectivity index (χ2n) is 4.63. The van der Waals surface area contributed by atoms with Gasteiger partial charge in [0, 0.05) is 19.1 Å². The predicted molar refractivity (Wildman–Crippen MR) is 73.9 cm³/mol. The first kappa shape index (κ1) is 13.9. The van der Waals surface area contributed by atoms with Crippen LogP contribution in [0.1, 0.15) is 19.8 Å². The first-order valence-corrected chi connectivity index (χ1v) is 6.71. The highest BCUT2D eigenvalue weighted by Crippen LogP contribution is 2.20. The van der Waals surface area contributed by atoms with Crippen molar-refractivity contribution in [3.8, 4) is 11.8 Å². The highest BCUT2D eigenvalue weighted by molar-refractivity contribution is 5.34. The molecule has 1 aromatic rings. The molecule has 1 aliphatic heterocycles. The number of nitrogens with zero attached hydrogens (tertiary/aromatic N) is 3. The number of ether oxygens (including phenoxy) is 2. The smallest absolute Gasteiger partial charge is 0.229 e. The molecule has 6 heteroatoms. The van der Waals surface area contributed by atoms with Gasteiger partial charge in [0.1, 0.15) is 0 Å². The molecular formula is C13H22N4O2. The summed E-state index contributed by atoms with van der Waals surface area (Å²) in [6.45, 7) is 5.56. The lowest BCUT2D eigenvalue weighted by molar-refractivity contribution is 0.229. The predicted octanol–water partition coefficient (Wildman–Crippen LogP) is 1.39. The Morgan fingerprint density at radius 1 is 1.21 bits per heavy atom. The Labute approximate surface area is 114 Å². The van der Waals surface area contributed by atoms with E-state index in [1.807, 2.05) is 0 Å². The third-order valence-corrected chi connectivity index (χ3v) is 3.47. The Kier molecular flexibility index (Phi) is 4.79. The third kappa shape index (κ3) is 3.70. The summed E-state index contributed by atoms with van der Waals surface area (Å²) >= 11 is 0. The van der Waals surface area contributed by atoms with Crippen molar-refractivity contribution in [2.45, 2.75) is 25.8 Å². The van der Waals surface area contributed by atoms with Crippen LogP contribution in [0.2, 0.25) is 0 Å². The largest absolute Gasteiger partial charge is 0.481 e. The van der Waals surface area contributed by atoms with Crippen LogP contribution in [0.5, 0.6) is 11.8 Å². The number of hydrogen-bond acceptors (Lipinski definition) is 6. The highest BCUT2D eigenvalue weighted by Gasteiger charge is 2.19. The Morgan fingerprint density at radius 3 is 2.26 bits per heavy atom. The van der Waals surface area contributed by atoms with E-state index < -0.39 is 0 Å². The maximum absolute atomic E-state index is 5.14. The lowest BCUT2D eigenvalue weighted by atomic mass is 10.1. The molecule has 0 unspecified atom stereocenters. The molecule has 1 N–H and O–H groups in total. The quantitative estimate of drug-likeness (QED) is 0.869. The zero-order chi connectivity index (χ0) is 13.7. The monoisotopic (exact) mass is 266 g/mol. The summed E-state index contributed by atoms with van der Waals surface area (Å²) in [7, 11) is 3.18. The molecule has 0 atom stereocenters. The number of nitrogens with one attached hydrogen (secondary N) is 1. The summed E-state index contributed by atoms with van der Waals surface area (Å²) in [6.07, 6.45) is 2.22. The molecule has 106 valence electrons. The van der Waals surface area contributed by atoms with Gasteiger partial charge < -0.3 is 19.7 Å². The second-order valence-corrected chi connectivity index (χ2v) is 4.63. The van der Waals surface area contributed by atoms with Crippen molar-refractivity contribution >= 4 is 5.95 Å². The number of rotatable bonds is 5. The van der Waals surface area contributed by atoms with Gasteiger partial charge in [0.25, 0.3) is 0 Å². The van der Waals surface area contributed by atoms with Crippen LogP contribution < -0.4 is 14.8 Å². The standard InChI is InChI=1S/C13H22N4O2/c1-4-17-7-5-10(6-8-17)14-13-15-11(18-2)9-12(16-13)19-3/h9-10H,4-8H2,1-3H3,(H,14,15,16). The van der Waals surface area contributed by atoms with E-state index in [2.05, 4.69) is 27.1 Å². The number of hydrogen-bond donors (Lipinski definition) is 1. The van der Waals surface area contributed by atoms with Crippen molar-refractivity contribution in [3.05, 3.63) is 6.07 Å². The van der Waals surface area contributed by atoms with Crippen LogP contribution in [0.15, 0.2) is 6.07 Å². The normalized spacial score (nSPS) is 17.2. The molecule has 1 aliphatic rings. The van der Waals surface area contributed by atoms with Gasteiger partial charge in [-0.3, -0.25) is 0 Å². The van der Waals surface area contributed by atoms with Gasteiger partial charge in [-0.05, 0) is 19.4 Å². The molecule has 6 nitrogen and oxygen atoms in total. The minimum absolute atomic E-state index is 0.416. The molecule has 0 spiro atoms. The SMILES string of the molecule is CCN1CCC(Nc2nc(OC)cc(OC)n2)CC1. The fourth-order valence-electron chi connectivity index (χ4n) is 2.25. The minimum Gasteiger partial charge on any atom is -0.481 e. The van der Waals surface area contributed by atoms with Gasteiger partial charge in [0.2, 0.25) is 17.7 Å². The average Bonchev–Trinajstić information content (AvgIpc) is 2.47. The van der Waals surface area contributed by atoms with Crippen LogP contribution in [0.25, 0.3) is 0 Å². The van der Waals surface area contributed by atoms with E-state index in [0.29, 0.717) is 23.8 Å². The first-order valence-electron chi connectivity index (χ1n) is 6.71. The number of likely N-dealkylation sites (tertiary alicyclic amines) is 1. The summed E-state index contributed by atoms with van der Waals surface area (Å²) in [5.74, 6) is 1.60. The van der Waals surface area contributed by atoms with Gasteiger partial charge in [-0.25, -0.2) is 0 Å². The van der Waals surface area contributed by atoms with Crippen LogP contribution in [-0.2, 0) is 0 Å². The number of methoxy groups -OCH3 is 2. The molecule has 1 fully saturated rings. The summed E-state index contributed by atoms with van der Waals surface area (Å²) in [4.78, 5) is 11.0. The van der Waals surface area contributed by atoms with E-state index in [4.69, 9.17) is 9.47 Å². The molecule has 0 radical (unpaired) electrons. The van der Waals surface area contributed by atoms with Crippen molar-refractivity contribution in [2.24, 2.45) is 0 Å². The van der Waals surface area contributed by atoms with Gasteiger partial charge in [0.05, 0.1) is 20.3 Å². The molecule has 0 aromatic carbocycles. The third-order valence-electron chi connectivity index (χ3n) is 3.47. The fraction of sp³-hybridized carbons (Fsp3) is 0.692. The molecule has 0 aliphatic carbocycles. The van der Waals surface area contributed by atoms with Gasteiger partial charge in [-0.2, -0.15) is 9.97 Å². The summed E-state index contributed by atoms with van der Waals surface area (Å²) in [5.41, 5.74) is 0. The molecule has 0 amide bonds. The van der Waals surface area contributed by atoms with Gasteiger partial charge in [-0.15, -0.1) is 0 Å². The lowest BCUT2D eigenvalue weighted by Crippen LogP contribution is -2.39. The topological polar surface area (TPSA) is 59.5 Å². The van der Waals surface area contributed by atoms with Crippen LogP contribution in [0.3, 0.4) is 0 Å². The molecule has 19 heavy (non-hydrogen) atoms. The van der Waals surface area contributed by atoms with E-state index in [9.17, 15) is 0 Å². The van der Waals surface area contributed by atoms with Crippen LogP contribution in [0.4, 0.5) is 5.95 Å². The highest BCUT2D eigenvalue weighted by atomic mass is 16.5. The summed E-state index contributed by atoms with van der Waals surface area (Å²) in [6, 6.07) is 2.09. The van der Waals surface area contributed by atoms with E-state index in [1.54, 1.807) is 20.3 Å². The van der Waals surface area contributed by atoms with Gasteiger partial charge >= 0.3 is 0 Å². The second kappa shape index (κ2) is 6.56. The zero-order valence-corrected chi connectivity index (χ0v) is 11.8. The molecule has 2 rings (SSSR count). The van der Waals surface area contributed by atoms with Crippen LogP contribution in [-0.4, -0.2) is 54.8 Å². The average molecular weight is 266 g/mol. The van der Waals surface area contributed by atoms with Crippen molar-refractivity contribution in [1.29, 1.82) is 0 Å². The van der Waals surface area contributed by atoms with Gasteiger partial charge in [-0.1, -0.05) is 6.92 Å². The van der Waals surface area contributed by atoms with Crippen molar-refractivity contribution < 1.29 is 9.47 Å². The number of anilines is 1. The van der Waals surface area contributed by atoms with Crippen molar-refractivity contribution in [1.82, 2.24) is 14.9 Å². The number of piperidine rings is 1. The van der Waals surface area contributed by atoms with E-state index in [-0.39, 0.29) is 0 Å². The Bertz CT molecular complexity index is 383. The zero-order valence-electron chi connectivity index (χ0n) is 11.8. The van der Waals surface area contributed by atoms with E-state index in [0.717, 1.165) is 32.5 Å². The molecule has 1 aromatic heterocycles. The van der Waals surface area contributed by atoms with Crippen LogP contribution in [0, 0.1) is 0 Å². The van der Waals surface area contributed by atoms with Crippen molar-refractivity contribution in [3.63, 3.8) is 0 Å². The van der Waals surface area contributed by atoms with E-state index >= 15 is 0 Å². The maximum Gasteiger partial charge on any atom is 0.229 e. The fourth-order valence-corrected chi connectivity index (χ4v) is 2.25. The Hall–Kier alpha value is -1.56. The minimum atomic E-state index is 0.416. The molecule has 2 heterocycles. The molecular weight excluding hydrogens is 244 g/mol. The van der Waals surface area contributed by atoms with E-state index in [1.165, 1.54) is 0 Å². The molecule has 1 saturated heterocycles. The molecule has 0 bridgehead atoms. The number of aromatic nitrogens is 2. The summed E-state index contributed by atoms with van der Waals surface area (Å²) < 4.78 is 10.3. The maximum atomic E-state index is 5.14. The van der Waals surface area contributed by atoms with Crippen LogP contribution >= 0.6 is 0 Å². The molecule has 0 saturated carbocycles.